The second kappa shape index (κ2) is 6.63. The topological polar surface area (TPSA) is 34.1 Å². The Morgan fingerprint density at radius 2 is 2.12 bits per heavy atom. The highest BCUT2D eigenvalue weighted by Gasteiger charge is 1.91. The number of hydrogen-bond donors (Lipinski definition) is 0. The van der Waals surface area contributed by atoms with Crippen molar-refractivity contribution >= 4 is 24.5 Å². The van der Waals surface area contributed by atoms with Gasteiger partial charge in [-0.25, -0.2) is 0 Å². The van der Waals surface area contributed by atoms with E-state index in [0.29, 0.717) is 12.7 Å². The molecule has 0 radical (unpaired) electrons. The standard InChI is InChI=1S/C5H8O2.ClH/c1-2-5(7)3-4-6;/h4H,2-3H2,1H3;1H. The number of rotatable bonds is 3. The van der Waals surface area contributed by atoms with Crippen LogP contribution in [0.15, 0.2) is 0 Å². The molecule has 0 atom stereocenters. The van der Waals surface area contributed by atoms with Crippen molar-refractivity contribution in [2.75, 3.05) is 0 Å². The quantitative estimate of drug-likeness (QED) is 0.428. The number of carbonyl (C=O) groups is 2. The van der Waals surface area contributed by atoms with Crippen LogP contribution in [0, 0.1) is 0 Å². The lowest BCUT2D eigenvalue weighted by Gasteiger charge is -1.80. The van der Waals surface area contributed by atoms with E-state index in [4.69, 9.17) is 0 Å². The van der Waals surface area contributed by atoms with Crippen molar-refractivity contribution in [3.05, 3.63) is 0 Å². The van der Waals surface area contributed by atoms with Crippen LogP contribution >= 0.6 is 12.4 Å². The van der Waals surface area contributed by atoms with Gasteiger partial charge in [0, 0.05) is 6.42 Å². The molecule has 0 N–H and O–H groups in total. The van der Waals surface area contributed by atoms with Gasteiger partial charge < -0.3 is 4.79 Å². The van der Waals surface area contributed by atoms with Crippen molar-refractivity contribution in [2.24, 2.45) is 0 Å². The number of ketones is 1. The molecule has 0 aliphatic carbocycles. The Bertz CT molecular complexity index is 80.5. The van der Waals surface area contributed by atoms with E-state index in [9.17, 15) is 9.59 Å². The first-order chi connectivity index (χ1) is 3.31. The largest absolute Gasteiger partial charge is 0.303 e. The molecule has 0 aliphatic heterocycles. The summed E-state index contributed by atoms with van der Waals surface area (Å²) in [4.78, 5) is 19.7. The van der Waals surface area contributed by atoms with Gasteiger partial charge in [0.1, 0.15) is 12.1 Å². The zero-order chi connectivity index (χ0) is 5.70. The van der Waals surface area contributed by atoms with Gasteiger partial charge in [0.15, 0.2) is 0 Å². The van der Waals surface area contributed by atoms with Crippen LogP contribution in [0.3, 0.4) is 0 Å². The van der Waals surface area contributed by atoms with E-state index in [-0.39, 0.29) is 24.6 Å². The Morgan fingerprint density at radius 1 is 1.62 bits per heavy atom. The van der Waals surface area contributed by atoms with Crippen LogP contribution in [0.4, 0.5) is 0 Å². The van der Waals surface area contributed by atoms with E-state index in [1.807, 2.05) is 0 Å². The maximum atomic E-state index is 10.2. The van der Waals surface area contributed by atoms with Crippen LogP contribution in [0.5, 0.6) is 0 Å². The molecule has 0 unspecified atom stereocenters. The lowest BCUT2D eigenvalue weighted by atomic mass is 10.2. The molecular formula is C5H9ClO2. The molecule has 0 bridgehead atoms. The molecule has 2 nitrogen and oxygen atoms in total. The fourth-order valence-electron chi connectivity index (χ4n) is 0.237. The Labute approximate surface area is 54.7 Å². The van der Waals surface area contributed by atoms with Gasteiger partial charge in [-0.15, -0.1) is 12.4 Å². The summed E-state index contributed by atoms with van der Waals surface area (Å²) in [6, 6.07) is 0. The van der Waals surface area contributed by atoms with Gasteiger partial charge in [-0.3, -0.25) is 4.79 Å². The Morgan fingerprint density at radius 3 is 2.25 bits per heavy atom. The third kappa shape index (κ3) is 5.63. The Hall–Kier alpha value is -0.370. The van der Waals surface area contributed by atoms with E-state index in [2.05, 4.69) is 0 Å². The van der Waals surface area contributed by atoms with Crippen molar-refractivity contribution in [2.45, 2.75) is 19.8 Å². The van der Waals surface area contributed by atoms with Crippen LogP contribution in [-0.4, -0.2) is 12.1 Å². The van der Waals surface area contributed by atoms with E-state index in [0.717, 1.165) is 0 Å². The second-order valence-electron chi connectivity index (χ2n) is 1.26. The highest BCUT2D eigenvalue weighted by molar-refractivity contribution is 5.89. The van der Waals surface area contributed by atoms with Crippen molar-refractivity contribution < 1.29 is 9.59 Å². The number of Topliss-reactive ketones (excluding diaryl/α,β-unsaturated/α-hetero) is 1. The SMILES string of the molecule is CCC(=O)CC=O.Cl. The Kier molecular flexibility index (Phi) is 8.77. The van der Waals surface area contributed by atoms with Crippen LogP contribution in [0.1, 0.15) is 19.8 Å². The smallest absolute Gasteiger partial charge is 0.139 e. The van der Waals surface area contributed by atoms with Crippen LogP contribution < -0.4 is 0 Å². The molecule has 0 aromatic heterocycles. The van der Waals surface area contributed by atoms with Crippen LogP contribution in [0.2, 0.25) is 0 Å². The van der Waals surface area contributed by atoms with E-state index >= 15 is 0 Å². The molecule has 0 heterocycles. The Balaban J connectivity index is 0. The van der Waals surface area contributed by atoms with E-state index in [1.54, 1.807) is 6.92 Å². The molecule has 0 saturated heterocycles. The summed E-state index contributed by atoms with van der Waals surface area (Å²) >= 11 is 0. The fraction of sp³-hybridized carbons (Fsp3) is 0.600. The monoisotopic (exact) mass is 136 g/mol. The summed E-state index contributed by atoms with van der Waals surface area (Å²) in [5, 5.41) is 0. The predicted molar refractivity (Wildman–Crippen MR) is 33.2 cm³/mol. The maximum absolute atomic E-state index is 10.2. The van der Waals surface area contributed by atoms with Gasteiger partial charge in [0.05, 0.1) is 6.42 Å². The molecule has 0 aliphatic rings. The van der Waals surface area contributed by atoms with Crippen molar-refractivity contribution in [1.82, 2.24) is 0 Å². The van der Waals surface area contributed by atoms with E-state index in [1.165, 1.54) is 0 Å². The molecule has 0 rings (SSSR count). The second-order valence-corrected chi connectivity index (χ2v) is 1.26. The molecule has 0 amide bonds. The third-order valence-electron chi connectivity index (χ3n) is 0.705. The molecule has 0 aromatic rings. The average Bonchev–Trinajstić information content (AvgIpc) is 1.68. The first-order valence-electron chi connectivity index (χ1n) is 2.26. The minimum Gasteiger partial charge on any atom is -0.303 e. The van der Waals surface area contributed by atoms with Crippen LogP contribution in [0.25, 0.3) is 0 Å². The minimum absolute atomic E-state index is 0. The molecule has 0 spiro atoms. The number of aldehydes is 1. The first kappa shape index (κ1) is 10.6. The molecular weight excluding hydrogens is 128 g/mol. The highest BCUT2D eigenvalue weighted by Crippen LogP contribution is 1.81. The number of carbonyl (C=O) groups excluding carboxylic acids is 2. The van der Waals surface area contributed by atoms with Crippen LogP contribution in [-0.2, 0) is 9.59 Å². The zero-order valence-electron chi connectivity index (χ0n) is 4.72. The molecule has 8 heavy (non-hydrogen) atoms. The van der Waals surface area contributed by atoms with Gasteiger partial charge in [-0.2, -0.15) is 0 Å². The first-order valence-corrected chi connectivity index (χ1v) is 2.26. The summed E-state index contributed by atoms with van der Waals surface area (Å²) < 4.78 is 0. The van der Waals surface area contributed by atoms with Gasteiger partial charge in [0.25, 0.3) is 0 Å². The molecule has 0 aromatic carbocycles. The summed E-state index contributed by atoms with van der Waals surface area (Å²) in [5.41, 5.74) is 0. The summed E-state index contributed by atoms with van der Waals surface area (Å²) in [7, 11) is 0. The fourth-order valence-corrected chi connectivity index (χ4v) is 0.237. The maximum Gasteiger partial charge on any atom is 0.139 e. The summed E-state index contributed by atoms with van der Waals surface area (Å²) in [5.74, 6) is 0.00926. The van der Waals surface area contributed by atoms with E-state index < -0.39 is 0 Å². The number of halogens is 1. The normalized spacial score (nSPS) is 7.12. The highest BCUT2D eigenvalue weighted by atomic mass is 35.5. The molecule has 48 valence electrons. The van der Waals surface area contributed by atoms with Crippen molar-refractivity contribution in [3.63, 3.8) is 0 Å². The molecule has 0 saturated carbocycles. The lowest BCUT2D eigenvalue weighted by Crippen LogP contribution is -1.93. The number of hydrogen-bond acceptors (Lipinski definition) is 2. The van der Waals surface area contributed by atoms with Gasteiger partial charge >= 0.3 is 0 Å². The predicted octanol–water partition coefficient (Wildman–Crippen LogP) is 0.976. The minimum atomic E-state index is 0. The molecule has 3 heteroatoms. The van der Waals surface area contributed by atoms with Crippen molar-refractivity contribution in [3.8, 4) is 0 Å². The lowest BCUT2D eigenvalue weighted by molar-refractivity contribution is -0.122. The van der Waals surface area contributed by atoms with Gasteiger partial charge in [0.2, 0.25) is 0 Å². The zero-order valence-corrected chi connectivity index (χ0v) is 5.53. The van der Waals surface area contributed by atoms with Crippen molar-refractivity contribution in [1.29, 1.82) is 0 Å². The third-order valence-corrected chi connectivity index (χ3v) is 0.705. The van der Waals surface area contributed by atoms with Gasteiger partial charge in [-0.1, -0.05) is 6.92 Å². The van der Waals surface area contributed by atoms with Gasteiger partial charge in [-0.05, 0) is 0 Å². The molecule has 0 fully saturated rings. The average molecular weight is 137 g/mol. The summed E-state index contributed by atoms with van der Waals surface area (Å²) in [6.07, 6.45) is 1.18. The summed E-state index contributed by atoms with van der Waals surface area (Å²) in [6.45, 7) is 1.74.